The fraction of sp³-hybridized carbons (Fsp3) is 0.167. The third kappa shape index (κ3) is 6.09. The van der Waals surface area contributed by atoms with Gasteiger partial charge in [0.15, 0.2) is 0 Å². The maximum absolute atomic E-state index is 11.9. The van der Waals surface area contributed by atoms with Gasteiger partial charge in [-0.25, -0.2) is 4.98 Å². The molecule has 0 N–H and O–H groups in total. The maximum Gasteiger partial charge on any atom is 1.00 e. The summed E-state index contributed by atoms with van der Waals surface area (Å²) in [7, 11) is 0. The molecule has 1 heterocycles. The number of hydrogen-bond acceptors (Lipinski definition) is 1. The molecule has 0 spiro atoms. The molecule has 0 aliphatic rings. The molecule has 0 saturated heterocycles. The fourth-order valence-corrected chi connectivity index (χ4v) is 0.982. The third-order valence-electron chi connectivity index (χ3n) is 1.21. The van der Waals surface area contributed by atoms with E-state index in [0.717, 1.165) is 0 Å². The number of aromatic nitrogens is 1. The quantitative estimate of drug-likeness (QED) is 0.503. The molecule has 1 aromatic rings. The van der Waals surface area contributed by atoms with E-state index in [9.17, 15) is 12.9 Å². The number of nitrogens with zero attached hydrogens (tertiary/aromatic N) is 1. The largest absolute Gasteiger partial charge is 1.00 e. The van der Waals surface area contributed by atoms with Gasteiger partial charge in [0.2, 0.25) is 0 Å². The molecule has 0 unspecified atom stereocenters. The molecule has 0 bridgehead atoms. The first kappa shape index (κ1) is 13.9. The van der Waals surface area contributed by atoms with Crippen molar-refractivity contribution in [1.82, 2.24) is 4.98 Å². The number of pyridine rings is 1. The number of rotatable bonds is 2. The van der Waals surface area contributed by atoms with Crippen LogP contribution < -0.4 is 51.4 Å². The van der Waals surface area contributed by atoms with E-state index in [2.05, 4.69) is 4.98 Å². The van der Waals surface area contributed by atoms with Gasteiger partial charge in [-0.15, -0.1) is 0 Å². The van der Waals surface area contributed by atoms with Crippen molar-refractivity contribution in [1.29, 1.82) is 0 Å². The van der Waals surface area contributed by atoms with E-state index in [1.54, 1.807) is 0 Å². The van der Waals surface area contributed by atoms with Crippen molar-refractivity contribution >= 4 is 18.6 Å². The second-order valence-corrected chi connectivity index (χ2v) is 2.75. The van der Waals surface area contributed by atoms with Crippen LogP contribution in [0.15, 0.2) is 18.2 Å². The topological polar surface area (TPSA) is 12.9 Å². The zero-order valence-electron chi connectivity index (χ0n) is 6.98. The van der Waals surface area contributed by atoms with Crippen LogP contribution in [0, 0.1) is 0 Å². The summed E-state index contributed by atoms with van der Waals surface area (Å²) in [5.74, 6) is 0. The van der Waals surface area contributed by atoms with Crippen LogP contribution in [-0.2, 0) is 6.32 Å². The van der Waals surface area contributed by atoms with Gasteiger partial charge in [0, 0.05) is 5.69 Å². The third-order valence-corrected chi connectivity index (χ3v) is 1.42. The Balaban J connectivity index is 0.00000144. The van der Waals surface area contributed by atoms with Gasteiger partial charge in [0.1, 0.15) is 5.15 Å². The number of hydrogen-bond donors (Lipinski definition) is 0. The van der Waals surface area contributed by atoms with Crippen molar-refractivity contribution < 1.29 is 64.3 Å². The molecular formula is C6H5BClF3KN. The standard InChI is InChI=1S/C6H5BClF3N.K/c8-6-3-1-2-5(12-6)4-7(9,10)11;/h1-3H,4H2;/q-1;+1. The van der Waals surface area contributed by atoms with Gasteiger partial charge in [-0.3, -0.25) is 0 Å². The maximum atomic E-state index is 11.9. The molecule has 66 valence electrons. The smallest absolute Gasteiger partial charge is 0.449 e. The summed E-state index contributed by atoms with van der Waals surface area (Å²) in [6.45, 7) is -4.82. The van der Waals surface area contributed by atoms with E-state index in [0.29, 0.717) is 0 Å². The van der Waals surface area contributed by atoms with Crippen molar-refractivity contribution in [3.05, 3.63) is 29.0 Å². The van der Waals surface area contributed by atoms with Crippen LogP contribution >= 0.6 is 11.6 Å². The van der Waals surface area contributed by atoms with Crippen molar-refractivity contribution in [3.8, 4) is 0 Å². The van der Waals surface area contributed by atoms with Crippen LogP contribution in [0.1, 0.15) is 5.69 Å². The van der Waals surface area contributed by atoms with Gasteiger partial charge in [0.05, 0.1) is 0 Å². The van der Waals surface area contributed by atoms with Gasteiger partial charge >= 0.3 is 58.4 Å². The van der Waals surface area contributed by atoms with Crippen molar-refractivity contribution in [2.75, 3.05) is 0 Å². The van der Waals surface area contributed by atoms with E-state index in [4.69, 9.17) is 11.6 Å². The Labute approximate surface area is 122 Å². The van der Waals surface area contributed by atoms with Gasteiger partial charge in [0.25, 0.3) is 0 Å². The minimum atomic E-state index is -4.82. The molecule has 0 atom stereocenters. The summed E-state index contributed by atoms with van der Waals surface area (Å²) in [5, 5.41) is 0.0903. The van der Waals surface area contributed by atoms with E-state index < -0.39 is 13.3 Å². The monoisotopic (exact) mass is 233 g/mol. The van der Waals surface area contributed by atoms with Crippen LogP contribution in [-0.4, -0.2) is 12.0 Å². The minimum Gasteiger partial charge on any atom is -0.449 e. The van der Waals surface area contributed by atoms with Crippen LogP contribution in [0.5, 0.6) is 0 Å². The zero-order valence-corrected chi connectivity index (χ0v) is 10.9. The Morgan fingerprint density at radius 3 is 2.38 bits per heavy atom. The summed E-state index contributed by atoms with van der Waals surface area (Å²) >= 11 is 5.40. The Morgan fingerprint density at radius 2 is 1.92 bits per heavy atom. The molecule has 0 aromatic carbocycles. The van der Waals surface area contributed by atoms with Crippen molar-refractivity contribution in [2.24, 2.45) is 0 Å². The van der Waals surface area contributed by atoms with E-state index in [1.165, 1.54) is 18.2 Å². The Bertz CT molecular complexity index is 281. The predicted molar refractivity (Wildman–Crippen MR) is 42.0 cm³/mol. The summed E-state index contributed by atoms with van der Waals surface area (Å²) in [6, 6.07) is 4.20. The average Bonchev–Trinajstić information content (AvgIpc) is 1.82. The molecular weight excluding hydrogens is 228 g/mol. The molecule has 1 nitrogen and oxygen atoms in total. The zero-order chi connectivity index (χ0) is 9.19. The molecule has 7 heteroatoms. The van der Waals surface area contributed by atoms with Gasteiger partial charge in [-0.2, -0.15) is 0 Å². The molecule has 13 heavy (non-hydrogen) atoms. The summed E-state index contributed by atoms with van der Waals surface area (Å²) in [6.07, 6.45) is -0.972. The molecule has 0 fully saturated rings. The molecule has 0 aliphatic carbocycles. The summed E-state index contributed by atoms with van der Waals surface area (Å²) in [5.41, 5.74) is -0.0324. The first-order valence-corrected chi connectivity index (χ1v) is 3.67. The van der Waals surface area contributed by atoms with Crippen molar-refractivity contribution in [3.63, 3.8) is 0 Å². The first-order valence-electron chi connectivity index (χ1n) is 3.30. The van der Waals surface area contributed by atoms with E-state index in [-0.39, 0.29) is 62.2 Å². The molecule has 1 rings (SSSR count). The second-order valence-electron chi connectivity index (χ2n) is 2.37. The summed E-state index contributed by atoms with van der Waals surface area (Å²) in [4.78, 5) is 3.52. The van der Waals surface area contributed by atoms with Gasteiger partial charge in [-0.05, 0) is 18.5 Å². The molecule has 1 aromatic heterocycles. The molecule has 0 amide bonds. The minimum absolute atomic E-state index is 0. The summed E-state index contributed by atoms with van der Waals surface area (Å²) < 4.78 is 35.6. The van der Waals surface area contributed by atoms with Crippen molar-refractivity contribution in [2.45, 2.75) is 6.32 Å². The molecule has 0 aliphatic heterocycles. The SMILES string of the molecule is F[B-](F)(F)Cc1cccc(Cl)n1.[K+]. The normalized spacial score (nSPS) is 10.8. The van der Waals surface area contributed by atoms with Crippen LogP contribution in [0.25, 0.3) is 0 Å². The predicted octanol–water partition coefficient (Wildman–Crippen LogP) is -0.332. The molecule has 0 radical (unpaired) electrons. The Hall–Kier alpha value is 0.931. The first-order chi connectivity index (χ1) is 5.47. The van der Waals surface area contributed by atoms with Gasteiger partial charge < -0.3 is 12.9 Å². The molecule has 0 saturated carbocycles. The number of halogens is 4. The van der Waals surface area contributed by atoms with Crippen LogP contribution in [0.4, 0.5) is 12.9 Å². The van der Waals surface area contributed by atoms with Gasteiger partial charge in [-0.1, -0.05) is 17.7 Å². The fourth-order valence-electron chi connectivity index (χ4n) is 0.801. The van der Waals surface area contributed by atoms with E-state index in [1.807, 2.05) is 0 Å². The van der Waals surface area contributed by atoms with Crippen LogP contribution in [0.3, 0.4) is 0 Å². The van der Waals surface area contributed by atoms with Crippen LogP contribution in [0.2, 0.25) is 5.15 Å². The Morgan fingerprint density at radius 1 is 1.31 bits per heavy atom. The average molecular weight is 233 g/mol. The Kier molecular flexibility index (Phi) is 6.14. The van der Waals surface area contributed by atoms with E-state index >= 15 is 0 Å². The second kappa shape index (κ2) is 5.73.